The molecule has 3 rings (SSSR count). The Morgan fingerprint density at radius 2 is 2.00 bits per heavy atom. The van der Waals surface area contributed by atoms with E-state index in [9.17, 15) is 0 Å². The first-order valence-corrected chi connectivity index (χ1v) is 6.99. The van der Waals surface area contributed by atoms with Gasteiger partial charge in [-0.05, 0) is 12.1 Å². The maximum atomic E-state index is 9.03. The number of methoxy groups -OCH3 is 1. The second-order valence-electron chi connectivity index (χ2n) is 4.96. The number of ether oxygens (including phenoxy) is 1. The molecule has 1 fully saturated rings. The second kappa shape index (κ2) is 6.05. The van der Waals surface area contributed by atoms with Gasteiger partial charge >= 0.3 is 0 Å². The molecule has 0 bridgehead atoms. The fraction of sp³-hybridized carbons (Fsp3) is 0.400. The maximum Gasteiger partial charge on any atom is 0.297 e. The number of anilines is 2. The van der Waals surface area contributed by atoms with Gasteiger partial charge in [0.2, 0.25) is 0 Å². The maximum absolute atomic E-state index is 9.03. The standard InChI is InChI=1S/C15H19N3O3/c1-20-14-4-2-3-13(9-14)17-5-7-18(8-6-17)15-16-12(10-19)11-21-15/h2-4,9,11,19H,5-8,10H2,1H3. The Labute approximate surface area is 123 Å². The van der Waals surface area contributed by atoms with E-state index < -0.39 is 0 Å². The van der Waals surface area contributed by atoms with Crippen LogP contribution in [0, 0.1) is 0 Å². The van der Waals surface area contributed by atoms with Gasteiger partial charge in [0.15, 0.2) is 0 Å². The SMILES string of the molecule is COc1cccc(N2CCN(c3nc(CO)co3)CC2)c1. The third-order valence-corrected chi connectivity index (χ3v) is 3.67. The van der Waals surface area contributed by atoms with Crippen molar-refractivity contribution in [3.8, 4) is 5.75 Å². The monoisotopic (exact) mass is 289 g/mol. The molecule has 1 N–H and O–H groups in total. The van der Waals surface area contributed by atoms with Crippen molar-refractivity contribution < 1.29 is 14.3 Å². The van der Waals surface area contributed by atoms with E-state index in [1.165, 1.54) is 6.26 Å². The van der Waals surface area contributed by atoms with E-state index in [-0.39, 0.29) is 6.61 Å². The van der Waals surface area contributed by atoms with E-state index >= 15 is 0 Å². The predicted octanol–water partition coefficient (Wildman–Crippen LogP) is 1.50. The van der Waals surface area contributed by atoms with Crippen molar-refractivity contribution in [3.63, 3.8) is 0 Å². The van der Waals surface area contributed by atoms with Crippen LogP contribution in [0.2, 0.25) is 0 Å². The smallest absolute Gasteiger partial charge is 0.297 e. The third kappa shape index (κ3) is 2.95. The number of hydrogen-bond acceptors (Lipinski definition) is 6. The summed E-state index contributed by atoms with van der Waals surface area (Å²) < 4.78 is 10.7. The van der Waals surface area contributed by atoms with E-state index in [2.05, 4.69) is 20.9 Å². The Morgan fingerprint density at radius 3 is 2.67 bits per heavy atom. The van der Waals surface area contributed by atoms with Crippen LogP contribution in [0.25, 0.3) is 0 Å². The van der Waals surface area contributed by atoms with Gasteiger partial charge in [0.05, 0.1) is 13.7 Å². The van der Waals surface area contributed by atoms with Crippen molar-refractivity contribution in [3.05, 3.63) is 36.2 Å². The molecular formula is C15H19N3O3. The molecule has 2 heterocycles. The number of piperazine rings is 1. The molecule has 1 aliphatic heterocycles. The number of oxazole rings is 1. The Kier molecular flexibility index (Phi) is 3.96. The van der Waals surface area contributed by atoms with Crippen LogP contribution < -0.4 is 14.5 Å². The number of rotatable bonds is 4. The molecule has 0 atom stereocenters. The summed E-state index contributed by atoms with van der Waals surface area (Å²) in [4.78, 5) is 8.66. The minimum Gasteiger partial charge on any atom is -0.497 e. The van der Waals surface area contributed by atoms with Crippen molar-refractivity contribution in [1.82, 2.24) is 4.98 Å². The summed E-state index contributed by atoms with van der Waals surface area (Å²) in [5.74, 6) is 0.871. The fourth-order valence-corrected chi connectivity index (χ4v) is 2.48. The number of hydrogen-bond donors (Lipinski definition) is 1. The summed E-state index contributed by atoms with van der Waals surface area (Å²) in [5, 5.41) is 9.03. The molecule has 0 aliphatic carbocycles. The fourth-order valence-electron chi connectivity index (χ4n) is 2.48. The van der Waals surface area contributed by atoms with Crippen LogP contribution in [0.4, 0.5) is 11.7 Å². The minimum absolute atomic E-state index is 0.0900. The summed E-state index contributed by atoms with van der Waals surface area (Å²) in [7, 11) is 1.68. The molecule has 0 unspecified atom stereocenters. The summed E-state index contributed by atoms with van der Waals surface area (Å²) in [6.45, 7) is 3.37. The second-order valence-corrected chi connectivity index (χ2v) is 4.96. The molecule has 1 saturated heterocycles. The number of nitrogens with zero attached hydrogens (tertiary/aromatic N) is 3. The number of aromatic nitrogens is 1. The van der Waals surface area contributed by atoms with Crippen LogP contribution in [0.15, 0.2) is 34.9 Å². The van der Waals surface area contributed by atoms with Gasteiger partial charge in [0.1, 0.15) is 17.7 Å². The van der Waals surface area contributed by atoms with Gasteiger partial charge in [-0.25, -0.2) is 0 Å². The van der Waals surface area contributed by atoms with Crippen molar-refractivity contribution in [1.29, 1.82) is 0 Å². The highest BCUT2D eigenvalue weighted by Crippen LogP contribution is 2.23. The molecular weight excluding hydrogens is 270 g/mol. The first kappa shape index (κ1) is 13.8. The molecule has 2 aromatic rings. The Bertz CT molecular complexity index is 591. The molecule has 1 aliphatic rings. The number of benzene rings is 1. The zero-order valence-corrected chi connectivity index (χ0v) is 12.0. The Hall–Kier alpha value is -2.21. The highest BCUT2D eigenvalue weighted by atomic mass is 16.5. The van der Waals surface area contributed by atoms with Crippen LogP contribution in [-0.4, -0.2) is 43.4 Å². The molecule has 0 amide bonds. The largest absolute Gasteiger partial charge is 0.497 e. The zero-order valence-electron chi connectivity index (χ0n) is 12.0. The summed E-state index contributed by atoms with van der Waals surface area (Å²) in [6, 6.07) is 8.67. The first-order chi connectivity index (χ1) is 10.3. The third-order valence-electron chi connectivity index (χ3n) is 3.67. The van der Waals surface area contributed by atoms with Crippen molar-refractivity contribution >= 4 is 11.7 Å². The molecule has 0 spiro atoms. The highest BCUT2D eigenvalue weighted by molar-refractivity contribution is 5.52. The van der Waals surface area contributed by atoms with Crippen molar-refractivity contribution in [2.75, 3.05) is 43.1 Å². The topological polar surface area (TPSA) is 62.0 Å². The molecule has 0 saturated carbocycles. The molecule has 1 aromatic carbocycles. The molecule has 1 aromatic heterocycles. The van der Waals surface area contributed by atoms with Gasteiger partial charge in [-0.15, -0.1) is 0 Å². The number of aliphatic hydroxyl groups excluding tert-OH is 1. The van der Waals surface area contributed by atoms with Crippen molar-refractivity contribution in [2.45, 2.75) is 6.61 Å². The van der Waals surface area contributed by atoms with Gasteiger partial charge in [0.25, 0.3) is 6.01 Å². The van der Waals surface area contributed by atoms with Crippen molar-refractivity contribution in [2.24, 2.45) is 0 Å². The lowest BCUT2D eigenvalue weighted by molar-refractivity contribution is 0.276. The van der Waals surface area contributed by atoms with Crippen LogP contribution in [-0.2, 0) is 6.61 Å². The minimum atomic E-state index is -0.0900. The van der Waals surface area contributed by atoms with Crippen LogP contribution in [0.3, 0.4) is 0 Å². The van der Waals surface area contributed by atoms with E-state index in [0.29, 0.717) is 11.7 Å². The predicted molar refractivity (Wildman–Crippen MR) is 79.8 cm³/mol. The van der Waals surface area contributed by atoms with E-state index in [4.69, 9.17) is 14.3 Å². The summed E-state index contributed by atoms with van der Waals surface area (Å²) >= 11 is 0. The van der Waals surface area contributed by atoms with Gasteiger partial charge in [-0.1, -0.05) is 6.07 Å². The van der Waals surface area contributed by atoms with Crippen LogP contribution in [0.1, 0.15) is 5.69 Å². The van der Waals surface area contributed by atoms with Gasteiger partial charge in [0, 0.05) is 37.9 Å². The number of aliphatic hydroxyl groups is 1. The summed E-state index contributed by atoms with van der Waals surface area (Å²) in [6.07, 6.45) is 1.50. The molecule has 112 valence electrons. The zero-order chi connectivity index (χ0) is 14.7. The van der Waals surface area contributed by atoms with Gasteiger partial charge in [-0.2, -0.15) is 4.98 Å². The van der Waals surface area contributed by atoms with E-state index in [1.807, 2.05) is 18.2 Å². The quantitative estimate of drug-likeness (QED) is 0.920. The first-order valence-electron chi connectivity index (χ1n) is 6.99. The van der Waals surface area contributed by atoms with Crippen LogP contribution in [0.5, 0.6) is 5.75 Å². The van der Waals surface area contributed by atoms with Crippen LogP contribution >= 0.6 is 0 Å². The highest BCUT2D eigenvalue weighted by Gasteiger charge is 2.21. The normalized spacial score (nSPS) is 15.3. The van der Waals surface area contributed by atoms with Gasteiger partial charge < -0.3 is 24.1 Å². The molecule has 6 nitrogen and oxygen atoms in total. The lowest BCUT2D eigenvalue weighted by Crippen LogP contribution is -2.46. The lowest BCUT2D eigenvalue weighted by Gasteiger charge is -2.35. The molecule has 0 radical (unpaired) electrons. The summed E-state index contributed by atoms with van der Waals surface area (Å²) in [5.41, 5.74) is 1.73. The average Bonchev–Trinajstić information content (AvgIpc) is 3.04. The molecule has 21 heavy (non-hydrogen) atoms. The lowest BCUT2D eigenvalue weighted by atomic mass is 10.2. The van der Waals surface area contributed by atoms with E-state index in [0.717, 1.165) is 37.6 Å². The molecule has 6 heteroatoms. The van der Waals surface area contributed by atoms with E-state index in [1.54, 1.807) is 7.11 Å². The Balaban J connectivity index is 1.64. The van der Waals surface area contributed by atoms with Gasteiger partial charge in [-0.3, -0.25) is 0 Å². The average molecular weight is 289 g/mol. The Morgan fingerprint density at radius 1 is 1.24 bits per heavy atom.